The molecule has 0 radical (unpaired) electrons. The average molecular weight is 280 g/mol. The Labute approximate surface area is 119 Å². The number of hydrogen-bond donors (Lipinski definition) is 2. The van der Waals surface area contributed by atoms with Crippen molar-refractivity contribution in [2.45, 2.75) is 12.8 Å². The summed E-state index contributed by atoms with van der Waals surface area (Å²) in [6.07, 6.45) is 4.33. The van der Waals surface area contributed by atoms with E-state index in [1.807, 2.05) is 22.6 Å². The SMILES string of the molecule is NC(=O)Cc1ccc2c(c1)Cc1c-2[nH]c(=O)c2nccn12. The number of fused-ring (bicyclic) bond motifs is 5. The summed E-state index contributed by atoms with van der Waals surface area (Å²) < 4.78 is 1.82. The molecule has 0 unspecified atom stereocenters. The summed E-state index contributed by atoms with van der Waals surface area (Å²) in [6, 6.07) is 5.77. The van der Waals surface area contributed by atoms with Crippen molar-refractivity contribution in [2.75, 3.05) is 0 Å². The molecule has 0 spiro atoms. The van der Waals surface area contributed by atoms with Crippen molar-refractivity contribution in [3.63, 3.8) is 0 Å². The molecular formula is C15H12N4O2. The van der Waals surface area contributed by atoms with Crippen LogP contribution in [0, 0.1) is 0 Å². The van der Waals surface area contributed by atoms with E-state index in [4.69, 9.17) is 5.73 Å². The predicted octanol–water partition coefficient (Wildman–Crippen LogP) is 0.622. The molecule has 0 aliphatic heterocycles. The first kappa shape index (κ1) is 11.9. The summed E-state index contributed by atoms with van der Waals surface area (Å²) in [4.78, 5) is 30.0. The zero-order chi connectivity index (χ0) is 14.6. The zero-order valence-electron chi connectivity index (χ0n) is 11.1. The maximum atomic E-state index is 12.0. The predicted molar refractivity (Wildman–Crippen MR) is 77.0 cm³/mol. The van der Waals surface area contributed by atoms with Crippen LogP contribution in [0.15, 0.2) is 35.4 Å². The van der Waals surface area contributed by atoms with Gasteiger partial charge in [-0.1, -0.05) is 18.2 Å². The number of nitrogens with zero attached hydrogens (tertiary/aromatic N) is 2. The molecule has 104 valence electrons. The normalized spacial score (nSPS) is 12.4. The van der Waals surface area contributed by atoms with Gasteiger partial charge >= 0.3 is 0 Å². The molecule has 0 atom stereocenters. The first-order valence-corrected chi connectivity index (χ1v) is 6.62. The zero-order valence-corrected chi connectivity index (χ0v) is 11.1. The quantitative estimate of drug-likeness (QED) is 0.563. The van der Waals surface area contributed by atoms with E-state index < -0.39 is 0 Å². The molecule has 0 saturated carbocycles. The number of aromatic amines is 1. The summed E-state index contributed by atoms with van der Waals surface area (Å²) in [5.41, 5.74) is 10.2. The van der Waals surface area contributed by atoms with Crippen LogP contribution in [0.2, 0.25) is 0 Å². The second kappa shape index (κ2) is 4.05. The molecule has 0 saturated heterocycles. The number of carbonyl (C=O) groups is 1. The molecule has 6 nitrogen and oxygen atoms in total. The Hall–Kier alpha value is -2.89. The molecule has 4 rings (SSSR count). The molecule has 3 N–H and O–H groups in total. The Morgan fingerprint density at radius 1 is 1.43 bits per heavy atom. The fourth-order valence-electron chi connectivity index (χ4n) is 2.98. The second-order valence-electron chi connectivity index (χ2n) is 5.21. The van der Waals surface area contributed by atoms with Gasteiger partial charge in [0.25, 0.3) is 5.56 Å². The van der Waals surface area contributed by atoms with Gasteiger partial charge in [0, 0.05) is 24.4 Å². The van der Waals surface area contributed by atoms with Crippen LogP contribution >= 0.6 is 0 Å². The van der Waals surface area contributed by atoms with Crippen LogP contribution in [0.1, 0.15) is 16.8 Å². The van der Waals surface area contributed by atoms with Crippen molar-refractivity contribution in [3.8, 4) is 11.3 Å². The summed E-state index contributed by atoms with van der Waals surface area (Å²) in [7, 11) is 0. The largest absolute Gasteiger partial charge is 0.369 e. The lowest BCUT2D eigenvalue weighted by Crippen LogP contribution is -2.13. The van der Waals surface area contributed by atoms with Crippen LogP contribution in [0.5, 0.6) is 0 Å². The van der Waals surface area contributed by atoms with Crippen LogP contribution in [-0.2, 0) is 17.6 Å². The highest BCUT2D eigenvalue weighted by Gasteiger charge is 2.23. The first-order chi connectivity index (χ1) is 10.1. The van der Waals surface area contributed by atoms with E-state index in [1.54, 1.807) is 12.4 Å². The lowest BCUT2D eigenvalue weighted by atomic mass is 10.0. The van der Waals surface area contributed by atoms with Gasteiger partial charge in [-0.25, -0.2) is 4.98 Å². The molecule has 21 heavy (non-hydrogen) atoms. The minimum Gasteiger partial charge on any atom is -0.369 e. The van der Waals surface area contributed by atoms with Crippen molar-refractivity contribution >= 4 is 11.6 Å². The molecule has 0 bridgehead atoms. The fourth-order valence-corrected chi connectivity index (χ4v) is 2.98. The maximum Gasteiger partial charge on any atom is 0.292 e. The number of amides is 1. The minimum atomic E-state index is -0.351. The van der Waals surface area contributed by atoms with Gasteiger partial charge in [0.15, 0.2) is 0 Å². The van der Waals surface area contributed by atoms with Gasteiger partial charge in [-0.3, -0.25) is 14.0 Å². The lowest BCUT2D eigenvalue weighted by Gasteiger charge is -2.04. The van der Waals surface area contributed by atoms with E-state index in [-0.39, 0.29) is 17.9 Å². The minimum absolute atomic E-state index is 0.201. The van der Waals surface area contributed by atoms with Crippen LogP contribution < -0.4 is 11.3 Å². The van der Waals surface area contributed by atoms with Crippen molar-refractivity contribution in [1.29, 1.82) is 0 Å². The summed E-state index contributed by atoms with van der Waals surface area (Å²) in [5.74, 6) is -0.351. The standard InChI is InChI=1S/C15H12N4O2/c16-12(20)6-8-1-2-10-9(5-8)7-11-13(10)18-15(21)14-17-3-4-19(11)14/h1-5H,6-7H2,(H2,16,20)(H,18,21). The van der Waals surface area contributed by atoms with Gasteiger partial charge in [-0.15, -0.1) is 0 Å². The Morgan fingerprint density at radius 3 is 3.10 bits per heavy atom. The molecule has 1 amide bonds. The maximum absolute atomic E-state index is 12.0. The molecule has 6 heteroatoms. The number of nitrogens with one attached hydrogen (secondary N) is 1. The summed E-state index contributed by atoms with van der Waals surface area (Å²) >= 11 is 0. The molecule has 2 aromatic heterocycles. The van der Waals surface area contributed by atoms with Crippen LogP contribution in [-0.4, -0.2) is 20.3 Å². The number of primary amides is 1. The van der Waals surface area contributed by atoms with Crippen molar-refractivity contribution in [3.05, 3.63) is 57.8 Å². The van der Waals surface area contributed by atoms with Gasteiger partial charge in [0.05, 0.1) is 17.8 Å². The highest BCUT2D eigenvalue weighted by molar-refractivity contribution is 5.78. The highest BCUT2D eigenvalue weighted by atomic mass is 16.1. The highest BCUT2D eigenvalue weighted by Crippen LogP contribution is 2.34. The number of aromatic nitrogens is 3. The Balaban J connectivity index is 1.91. The number of rotatable bonds is 2. The van der Waals surface area contributed by atoms with E-state index >= 15 is 0 Å². The van der Waals surface area contributed by atoms with E-state index in [0.717, 1.165) is 28.1 Å². The van der Waals surface area contributed by atoms with Gasteiger partial charge in [-0.2, -0.15) is 0 Å². The summed E-state index contributed by atoms with van der Waals surface area (Å²) in [5, 5.41) is 0. The number of carbonyl (C=O) groups excluding carboxylic acids is 1. The number of benzene rings is 1. The van der Waals surface area contributed by atoms with Gasteiger partial charge in [0.2, 0.25) is 11.6 Å². The molecule has 1 aliphatic rings. The molecule has 1 aromatic carbocycles. The van der Waals surface area contributed by atoms with Gasteiger partial charge in [0.1, 0.15) is 0 Å². The smallest absolute Gasteiger partial charge is 0.292 e. The fraction of sp³-hybridized carbons (Fsp3) is 0.133. The third kappa shape index (κ3) is 1.69. The number of hydrogen-bond acceptors (Lipinski definition) is 3. The third-order valence-electron chi connectivity index (χ3n) is 3.84. The lowest BCUT2D eigenvalue weighted by molar-refractivity contribution is -0.117. The first-order valence-electron chi connectivity index (χ1n) is 6.62. The van der Waals surface area contributed by atoms with E-state index in [1.165, 1.54) is 0 Å². The van der Waals surface area contributed by atoms with E-state index in [0.29, 0.717) is 12.1 Å². The van der Waals surface area contributed by atoms with Gasteiger partial charge < -0.3 is 10.7 Å². The number of H-pyrrole nitrogens is 1. The van der Waals surface area contributed by atoms with Crippen LogP contribution in [0.25, 0.3) is 16.9 Å². The Kier molecular flexibility index (Phi) is 2.29. The number of nitrogens with two attached hydrogens (primary N) is 1. The number of imidazole rings is 1. The van der Waals surface area contributed by atoms with E-state index in [2.05, 4.69) is 9.97 Å². The molecule has 2 heterocycles. The second-order valence-corrected chi connectivity index (χ2v) is 5.21. The monoisotopic (exact) mass is 280 g/mol. The molecule has 3 aromatic rings. The Morgan fingerprint density at radius 2 is 2.29 bits per heavy atom. The van der Waals surface area contributed by atoms with Gasteiger partial charge in [-0.05, 0) is 11.1 Å². The Bertz CT molecular complexity index is 952. The molecular weight excluding hydrogens is 268 g/mol. The average Bonchev–Trinajstić information content (AvgIpc) is 3.02. The molecule has 0 fully saturated rings. The summed E-state index contributed by atoms with van der Waals surface area (Å²) in [6.45, 7) is 0. The van der Waals surface area contributed by atoms with Crippen molar-refractivity contribution in [1.82, 2.24) is 14.4 Å². The third-order valence-corrected chi connectivity index (χ3v) is 3.84. The van der Waals surface area contributed by atoms with Crippen molar-refractivity contribution < 1.29 is 4.79 Å². The topological polar surface area (TPSA) is 93.2 Å². The van der Waals surface area contributed by atoms with E-state index in [9.17, 15) is 9.59 Å². The van der Waals surface area contributed by atoms with Crippen LogP contribution in [0.3, 0.4) is 0 Å². The van der Waals surface area contributed by atoms with Crippen LogP contribution in [0.4, 0.5) is 0 Å². The van der Waals surface area contributed by atoms with Crippen molar-refractivity contribution in [2.24, 2.45) is 5.73 Å². The molecule has 1 aliphatic carbocycles.